The minimum Gasteiger partial charge on any atom is -0.496 e. The minimum absolute atomic E-state index is 0.0545. The van der Waals surface area contributed by atoms with Crippen molar-refractivity contribution in [3.63, 3.8) is 0 Å². The Morgan fingerprint density at radius 1 is 1.39 bits per heavy atom. The number of ether oxygens (including phenoxy) is 1. The monoisotopic (exact) mass is 279 g/mol. The lowest BCUT2D eigenvalue weighted by atomic mass is 10.2. The molecule has 18 heavy (non-hydrogen) atoms. The highest BCUT2D eigenvalue weighted by Gasteiger charge is 2.27. The number of methoxy groups -OCH3 is 1. The van der Waals surface area contributed by atoms with Crippen molar-refractivity contribution in [2.75, 3.05) is 19.4 Å². The second kappa shape index (κ2) is 6.53. The maximum absolute atomic E-state index is 11.9. The van der Waals surface area contributed by atoms with Crippen LogP contribution in [0.3, 0.4) is 0 Å². The Morgan fingerprint density at radius 2 is 2.06 bits per heavy atom. The lowest BCUT2D eigenvalue weighted by molar-refractivity contribution is -0.0327. The van der Waals surface area contributed by atoms with Crippen molar-refractivity contribution in [2.45, 2.75) is 5.51 Å². The number of thioether (sulfide) groups is 1. The van der Waals surface area contributed by atoms with Crippen molar-refractivity contribution in [1.29, 1.82) is 0 Å². The molecule has 0 saturated heterocycles. The Kier molecular flexibility index (Phi) is 5.33. The summed E-state index contributed by atoms with van der Waals surface area (Å²) in [5.74, 6) is -0.279. The van der Waals surface area contributed by atoms with Gasteiger partial charge in [-0.15, -0.1) is 0 Å². The molecule has 1 N–H and O–H groups in total. The van der Waals surface area contributed by atoms with E-state index in [1.807, 2.05) is 0 Å². The summed E-state index contributed by atoms with van der Waals surface area (Å²) in [7, 11) is 1.42. The summed E-state index contributed by atoms with van der Waals surface area (Å²) in [5, 5.41) is 2.41. The smallest absolute Gasteiger partial charge is 0.441 e. The second-order valence-electron chi connectivity index (χ2n) is 3.25. The van der Waals surface area contributed by atoms with Crippen LogP contribution < -0.4 is 10.1 Å². The first kappa shape index (κ1) is 14.7. The lowest BCUT2D eigenvalue weighted by Crippen LogP contribution is -2.26. The lowest BCUT2D eigenvalue weighted by Gasteiger charge is -2.09. The second-order valence-corrected chi connectivity index (χ2v) is 4.41. The van der Waals surface area contributed by atoms with E-state index in [1.54, 1.807) is 24.3 Å². The Hall–Kier alpha value is -1.37. The number of amides is 1. The molecule has 0 aliphatic carbocycles. The molecule has 0 radical (unpaired) electrons. The number of hydrogen-bond donors (Lipinski definition) is 1. The van der Waals surface area contributed by atoms with E-state index in [2.05, 4.69) is 5.32 Å². The predicted octanol–water partition coefficient (Wildman–Crippen LogP) is 2.68. The molecule has 100 valence electrons. The highest BCUT2D eigenvalue weighted by molar-refractivity contribution is 8.00. The van der Waals surface area contributed by atoms with Gasteiger partial charge in [-0.05, 0) is 23.9 Å². The van der Waals surface area contributed by atoms with Crippen molar-refractivity contribution in [3.8, 4) is 5.75 Å². The summed E-state index contributed by atoms with van der Waals surface area (Å²) in [6, 6.07) is 6.52. The standard InChI is InChI=1S/C11H12F3NO2S/c1-17-9-5-3-2-4-8(9)10(16)15-6-7-18-11(12,13)14/h2-5H,6-7H2,1H3,(H,15,16). The average Bonchev–Trinajstić information content (AvgIpc) is 2.33. The van der Waals surface area contributed by atoms with Gasteiger partial charge in [-0.25, -0.2) is 0 Å². The molecule has 3 nitrogen and oxygen atoms in total. The number of rotatable bonds is 5. The molecule has 0 unspecified atom stereocenters. The zero-order valence-corrected chi connectivity index (χ0v) is 10.4. The van der Waals surface area contributed by atoms with E-state index in [9.17, 15) is 18.0 Å². The zero-order chi connectivity index (χ0) is 13.6. The fraction of sp³-hybridized carbons (Fsp3) is 0.364. The molecule has 0 saturated carbocycles. The molecule has 0 aliphatic rings. The number of hydrogen-bond acceptors (Lipinski definition) is 3. The van der Waals surface area contributed by atoms with E-state index >= 15 is 0 Å². The van der Waals surface area contributed by atoms with Crippen molar-refractivity contribution < 1.29 is 22.7 Å². The number of carbonyl (C=O) groups is 1. The fourth-order valence-corrected chi connectivity index (χ4v) is 1.69. The molecule has 0 aliphatic heterocycles. The summed E-state index contributed by atoms with van der Waals surface area (Å²) in [4.78, 5) is 11.7. The number of benzene rings is 1. The van der Waals surface area contributed by atoms with Gasteiger partial charge in [0.2, 0.25) is 0 Å². The van der Waals surface area contributed by atoms with E-state index in [0.29, 0.717) is 11.3 Å². The number of nitrogens with one attached hydrogen (secondary N) is 1. The maximum atomic E-state index is 11.9. The van der Waals surface area contributed by atoms with Crippen LogP contribution in [0.2, 0.25) is 0 Å². The summed E-state index contributed by atoms with van der Waals surface area (Å²) in [6.45, 7) is -0.0545. The normalized spacial score (nSPS) is 11.1. The van der Waals surface area contributed by atoms with Crippen LogP contribution in [0.15, 0.2) is 24.3 Å². The number of para-hydroxylation sites is 1. The van der Waals surface area contributed by atoms with Crippen LogP contribution in [0.25, 0.3) is 0 Å². The Morgan fingerprint density at radius 3 is 2.67 bits per heavy atom. The fourth-order valence-electron chi connectivity index (χ4n) is 1.26. The molecule has 0 fully saturated rings. The number of alkyl halides is 3. The molecule has 1 aromatic carbocycles. The minimum atomic E-state index is -4.27. The van der Waals surface area contributed by atoms with E-state index < -0.39 is 11.4 Å². The summed E-state index contributed by atoms with van der Waals surface area (Å²) in [5.41, 5.74) is -3.97. The first-order valence-corrected chi connectivity index (χ1v) is 6.04. The van der Waals surface area contributed by atoms with Crippen LogP contribution in [-0.2, 0) is 0 Å². The van der Waals surface area contributed by atoms with Gasteiger partial charge < -0.3 is 10.1 Å². The van der Waals surface area contributed by atoms with Crippen molar-refractivity contribution in [3.05, 3.63) is 29.8 Å². The molecule has 1 aromatic rings. The van der Waals surface area contributed by atoms with Gasteiger partial charge >= 0.3 is 5.51 Å². The van der Waals surface area contributed by atoms with Gasteiger partial charge in [0.25, 0.3) is 5.91 Å². The molecular formula is C11H12F3NO2S. The highest BCUT2D eigenvalue weighted by Crippen LogP contribution is 2.29. The first-order chi connectivity index (χ1) is 8.44. The average molecular weight is 279 g/mol. The SMILES string of the molecule is COc1ccccc1C(=O)NCCSC(F)(F)F. The third-order valence-corrected chi connectivity index (χ3v) is 2.74. The van der Waals surface area contributed by atoms with Crippen LogP contribution in [0, 0.1) is 0 Å². The molecular weight excluding hydrogens is 267 g/mol. The van der Waals surface area contributed by atoms with Crippen LogP contribution >= 0.6 is 11.8 Å². The Labute approximate surface area is 107 Å². The zero-order valence-electron chi connectivity index (χ0n) is 9.58. The van der Waals surface area contributed by atoms with Gasteiger partial charge in [-0.2, -0.15) is 13.2 Å². The maximum Gasteiger partial charge on any atom is 0.441 e. The third kappa shape index (κ3) is 4.87. The molecule has 0 atom stereocenters. The third-order valence-electron chi connectivity index (χ3n) is 2.00. The molecule has 0 aromatic heterocycles. The van der Waals surface area contributed by atoms with E-state index in [-0.39, 0.29) is 24.1 Å². The van der Waals surface area contributed by atoms with Gasteiger partial charge in [-0.1, -0.05) is 12.1 Å². The number of halogens is 3. The van der Waals surface area contributed by atoms with Crippen LogP contribution in [-0.4, -0.2) is 30.8 Å². The van der Waals surface area contributed by atoms with Gasteiger partial charge in [0, 0.05) is 12.3 Å². The van der Waals surface area contributed by atoms with E-state index in [4.69, 9.17) is 4.74 Å². The predicted molar refractivity (Wildman–Crippen MR) is 63.8 cm³/mol. The van der Waals surface area contributed by atoms with Crippen molar-refractivity contribution in [2.24, 2.45) is 0 Å². The number of carbonyl (C=O) groups excluding carboxylic acids is 1. The Bertz CT molecular complexity index is 410. The molecule has 0 spiro atoms. The molecule has 1 amide bonds. The summed E-state index contributed by atoms with van der Waals surface area (Å²) < 4.78 is 40.5. The first-order valence-electron chi connectivity index (χ1n) is 5.06. The van der Waals surface area contributed by atoms with E-state index in [0.717, 1.165) is 0 Å². The van der Waals surface area contributed by atoms with Crippen molar-refractivity contribution >= 4 is 17.7 Å². The van der Waals surface area contributed by atoms with Crippen molar-refractivity contribution in [1.82, 2.24) is 5.32 Å². The summed E-state index contributed by atoms with van der Waals surface area (Å²) in [6.07, 6.45) is 0. The molecule has 1 rings (SSSR count). The van der Waals surface area contributed by atoms with Crippen LogP contribution in [0.4, 0.5) is 13.2 Å². The largest absolute Gasteiger partial charge is 0.496 e. The molecule has 0 heterocycles. The quantitative estimate of drug-likeness (QED) is 0.842. The van der Waals surface area contributed by atoms with Crippen LogP contribution in [0.1, 0.15) is 10.4 Å². The Balaban J connectivity index is 2.46. The van der Waals surface area contributed by atoms with Gasteiger partial charge in [0.1, 0.15) is 5.75 Å². The highest BCUT2D eigenvalue weighted by atomic mass is 32.2. The topological polar surface area (TPSA) is 38.3 Å². The summed E-state index contributed by atoms with van der Waals surface area (Å²) >= 11 is -0.165. The van der Waals surface area contributed by atoms with E-state index in [1.165, 1.54) is 7.11 Å². The molecule has 0 bridgehead atoms. The molecule has 7 heteroatoms. The van der Waals surface area contributed by atoms with Gasteiger partial charge in [0.05, 0.1) is 12.7 Å². The van der Waals surface area contributed by atoms with Gasteiger partial charge in [-0.3, -0.25) is 4.79 Å². The van der Waals surface area contributed by atoms with Crippen LogP contribution in [0.5, 0.6) is 5.75 Å². The van der Waals surface area contributed by atoms with Gasteiger partial charge in [0.15, 0.2) is 0 Å².